The average molecular weight is 346 g/mol. The van der Waals surface area contributed by atoms with Crippen molar-refractivity contribution in [1.82, 2.24) is 4.98 Å². The minimum atomic E-state index is -0.584. The number of carbonyl (C=O) groups is 1. The van der Waals surface area contributed by atoms with Crippen LogP contribution >= 0.6 is 35.1 Å². The van der Waals surface area contributed by atoms with Gasteiger partial charge in [0.15, 0.2) is 5.13 Å². The first-order valence-corrected chi connectivity index (χ1v) is 8.02. The number of hydrogen-bond donors (Lipinski definition) is 2. The Morgan fingerprint density at radius 1 is 1.33 bits per heavy atom. The van der Waals surface area contributed by atoms with Gasteiger partial charge in [-0.1, -0.05) is 0 Å². The van der Waals surface area contributed by atoms with Gasteiger partial charge >= 0.3 is 0 Å². The van der Waals surface area contributed by atoms with Crippen LogP contribution in [-0.4, -0.2) is 17.4 Å². The van der Waals surface area contributed by atoms with Crippen molar-refractivity contribution in [1.29, 1.82) is 0 Å². The SMILES string of the molecule is Cc1ccc(-c2nc(NC(=O)C(C)(C)CN)sc2C)s1.Cl. The second kappa shape index (κ2) is 6.87. The number of anilines is 1. The number of nitrogens with one attached hydrogen (secondary N) is 1. The maximum absolute atomic E-state index is 12.1. The molecule has 21 heavy (non-hydrogen) atoms. The summed E-state index contributed by atoms with van der Waals surface area (Å²) in [5, 5.41) is 3.50. The third kappa shape index (κ3) is 4.03. The Morgan fingerprint density at radius 2 is 2.00 bits per heavy atom. The molecule has 0 atom stereocenters. The van der Waals surface area contributed by atoms with Gasteiger partial charge in [0, 0.05) is 16.3 Å². The molecular weight excluding hydrogens is 326 g/mol. The van der Waals surface area contributed by atoms with Gasteiger partial charge in [-0.2, -0.15) is 0 Å². The van der Waals surface area contributed by atoms with Gasteiger partial charge in [-0.25, -0.2) is 4.98 Å². The lowest BCUT2D eigenvalue weighted by atomic mass is 9.93. The summed E-state index contributed by atoms with van der Waals surface area (Å²) < 4.78 is 0. The highest BCUT2D eigenvalue weighted by Gasteiger charge is 2.27. The fourth-order valence-corrected chi connectivity index (χ4v) is 3.40. The molecule has 2 aromatic rings. The van der Waals surface area contributed by atoms with Gasteiger partial charge in [-0.3, -0.25) is 4.79 Å². The fourth-order valence-electron chi connectivity index (χ4n) is 1.60. The van der Waals surface area contributed by atoms with Crippen molar-refractivity contribution in [3.8, 4) is 10.6 Å². The van der Waals surface area contributed by atoms with Crippen molar-refractivity contribution in [2.45, 2.75) is 27.7 Å². The molecule has 116 valence electrons. The van der Waals surface area contributed by atoms with Gasteiger partial charge < -0.3 is 11.1 Å². The number of amides is 1. The topological polar surface area (TPSA) is 68.0 Å². The van der Waals surface area contributed by atoms with E-state index < -0.39 is 5.41 Å². The van der Waals surface area contributed by atoms with Crippen molar-refractivity contribution >= 4 is 46.1 Å². The van der Waals surface area contributed by atoms with Crippen molar-refractivity contribution in [2.75, 3.05) is 11.9 Å². The molecule has 1 amide bonds. The summed E-state index contributed by atoms with van der Waals surface area (Å²) in [5.41, 5.74) is 5.98. The number of nitrogens with two attached hydrogens (primary N) is 1. The molecule has 4 nitrogen and oxygen atoms in total. The molecule has 0 aromatic carbocycles. The van der Waals surface area contributed by atoms with Crippen LogP contribution in [0.5, 0.6) is 0 Å². The third-order valence-electron chi connectivity index (χ3n) is 3.12. The van der Waals surface area contributed by atoms with Gasteiger partial charge in [-0.05, 0) is 39.8 Å². The van der Waals surface area contributed by atoms with Crippen LogP contribution in [0.25, 0.3) is 10.6 Å². The summed E-state index contributed by atoms with van der Waals surface area (Å²) in [7, 11) is 0. The Labute approximate surface area is 139 Å². The van der Waals surface area contributed by atoms with Crippen LogP contribution in [-0.2, 0) is 4.79 Å². The van der Waals surface area contributed by atoms with E-state index in [9.17, 15) is 4.79 Å². The Balaban J connectivity index is 0.00000220. The molecule has 0 aliphatic carbocycles. The Hall–Kier alpha value is -0.950. The van der Waals surface area contributed by atoms with E-state index in [1.807, 2.05) is 20.8 Å². The van der Waals surface area contributed by atoms with Crippen LogP contribution in [0.1, 0.15) is 23.6 Å². The third-order valence-corrected chi connectivity index (χ3v) is 5.01. The van der Waals surface area contributed by atoms with Crippen molar-refractivity contribution in [3.05, 3.63) is 21.9 Å². The van der Waals surface area contributed by atoms with Gasteiger partial charge in [0.2, 0.25) is 5.91 Å². The zero-order valence-electron chi connectivity index (χ0n) is 12.5. The molecular formula is C14H20ClN3OS2. The van der Waals surface area contributed by atoms with Gasteiger partial charge in [0.25, 0.3) is 0 Å². The van der Waals surface area contributed by atoms with Gasteiger partial charge in [0.1, 0.15) is 0 Å². The highest BCUT2D eigenvalue weighted by Crippen LogP contribution is 2.34. The van der Waals surface area contributed by atoms with Crippen molar-refractivity contribution < 1.29 is 4.79 Å². The highest BCUT2D eigenvalue weighted by atomic mass is 35.5. The summed E-state index contributed by atoms with van der Waals surface area (Å²) >= 11 is 3.20. The molecule has 0 radical (unpaired) electrons. The number of halogens is 1. The highest BCUT2D eigenvalue weighted by molar-refractivity contribution is 7.18. The Morgan fingerprint density at radius 3 is 2.52 bits per heavy atom. The predicted molar refractivity (Wildman–Crippen MR) is 93.6 cm³/mol. The van der Waals surface area contributed by atoms with E-state index in [1.165, 1.54) is 16.2 Å². The van der Waals surface area contributed by atoms with Crippen LogP contribution in [0.2, 0.25) is 0 Å². The van der Waals surface area contributed by atoms with Gasteiger partial charge in [0.05, 0.1) is 16.0 Å². The van der Waals surface area contributed by atoms with E-state index in [0.717, 1.165) is 15.4 Å². The van der Waals surface area contributed by atoms with E-state index in [4.69, 9.17) is 5.73 Å². The lowest BCUT2D eigenvalue weighted by molar-refractivity contribution is -0.123. The summed E-state index contributed by atoms with van der Waals surface area (Å²) in [5.74, 6) is -0.0948. The van der Waals surface area contributed by atoms with E-state index in [-0.39, 0.29) is 18.3 Å². The minimum absolute atomic E-state index is 0. The second-order valence-electron chi connectivity index (χ2n) is 5.38. The average Bonchev–Trinajstić information content (AvgIpc) is 2.95. The van der Waals surface area contributed by atoms with Crippen molar-refractivity contribution in [3.63, 3.8) is 0 Å². The first kappa shape index (κ1) is 18.1. The van der Waals surface area contributed by atoms with Crippen LogP contribution in [0.3, 0.4) is 0 Å². The molecule has 2 aromatic heterocycles. The summed E-state index contributed by atoms with van der Waals surface area (Å²) in [4.78, 5) is 20.1. The maximum atomic E-state index is 12.1. The first-order valence-electron chi connectivity index (χ1n) is 6.39. The Bertz CT molecular complexity index is 634. The molecule has 0 spiro atoms. The molecule has 2 heterocycles. The summed E-state index contributed by atoms with van der Waals surface area (Å²) in [6.45, 7) is 8.05. The summed E-state index contributed by atoms with van der Waals surface area (Å²) in [6, 6.07) is 4.14. The van der Waals surface area contributed by atoms with Crippen LogP contribution in [0, 0.1) is 19.3 Å². The number of thiophene rings is 1. The first-order chi connectivity index (χ1) is 9.33. The minimum Gasteiger partial charge on any atom is -0.329 e. The molecule has 3 N–H and O–H groups in total. The molecule has 2 rings (SSSR count). The lowest BCUT2D eigenvalue weighted by Crippen LogP contribution is -2.37. The van der Waals surface area contributed by atoms with E-state index in [1.54, 1.807) is 11.3 Å². The normalized spacial score (nSPS) is 11.1. The number of nitrogens with zero attached hydrogens (tertiary/aromatic N) is 1. The molecule has 0 bridgehead atoms. The zero-order chi connectivity index (χ0) is 14.9. The summed E-state index contributed by atoms with van der Waals surface area (Å²) in [6.07, 6.45) is 0. The maximum Gasteiger partial charge on any atom is 0.233 e. The van der Waals surface area contributed by atoms with Crippen LogP contribution in [0.15, 0.2) is 12.1 Å². The number of aromatic nitrogens is 1. The molecule has 7 heteroatoms. The smallest absolute Gasteiger partial charge is 0.233 e. The van der Waals surface area contributed by atoms with Crippen LogP contribution in [0.4, 0.5) is 5.13 Å². The fraction of sp³-hybridized carbons (Fsp3) is 0.429. The predicted octanol–water partition coefficient (Wildman–Crippen LogP) is 3.83. The number of thiazole rings is 1. The van der Waals surface area contributed by atoms with E-state index in [0.29, 0.717) is 11.7 Å². The number of carbonyl (C=O) groups excluding carboxylic acids is 1. The molecule has 0 aliphatic heterocycles. The monoisotopic (exact) mass is 345 g/mol. The van der Waals surface area contributed by atoms with E-state index in [2.05, 4.69) is 29.4 Å². The van der Waals surface area contributed by atoms with Crippen LogP contribution < -0.4 is 11.1 Å². The lowest BCUT2D eigenvalue weighted by Gasteiger charge is -2.19. The molecule has 0 saturated heterocycles. The molecule has 0 unspecified atom stereocenters. The second-order valence-corrected chi connectivity index (χ2v) is 7.87. The number of aryl methyl sites for hydroxylation is 2. The number of rotatable bonds is 4. The quantitative estimate of drug-likeness (QED) is 0.884. The zero-order valence-corrected chi connectivity index (χ0v) is 15.0. The molecule has 0 fully saturated rings. The standard InChI is InChI=1S/C14H19N3OS2.ClH/c1-8-5-6-10(19-8)11-9(2)20-13(16-11)17-12(18)14(3,4)7-15;/h5-6H,7,15H2,1-4H3,(H,16,17,18);1H. The molecule has 0 aliphatic rings. The van der Waals surface area contributed by atoms with E-state index >= 15 is 0 Å². The number of hydrogen-bond acceptors (Lipinski definition) is 5. The van der Waals surface area contributed by atoms with Gasteiger partial charge in [-0.15, -0.1) is 35.1 Å². The Kier molecular flexibility index (Phi) is 5.92. The van der Waals surface area contributed by atoms with Crippen molar-refractivity contribution in [2.24, 2.45) is 11.1 Å². The largest absolute Gasteiger partial charge is 0.329 e. The molecule has 0 saturated carbocycles.